The van der Waals surface area contributed by atoms with Gasteiger partial charge in [-0.05, 0) is 112 Å². The number of hydrogen-bond donors (Lipinski definition) is 4. The van der Waals surface area contributed by atoms with Crippen molar-refractivity contribution >= 4 is 70.9 Å². The number of benzene rings is 4. The standard InChI is InChI=1S/C23H24FN3O4S.C17H16FN3O3S/c1-15(27-14-13-19-20(24)7-4-8-21(19)27)22(28)25-17-9-11-18(12-10-17)32(30,31)26-23(29)16-5-2-3-6-16;1-11(21-10-9-14-15(18)3-2-4-16(14)21)17(22)20-12-5-7-13(8-6-12)25(19,23)24/h4,7-16H,2-3,5-6H2,1H3,(H,25,28)(H,26,29);2-11H,1H3,(H,20,22)(H2,19,23,24)/t15-;11-/m11/s1. The van der Waals surface area contributed by atoms with Gasteiger partial charge >= 0.3 is 0 Å². The smallest absolute Gasteiger partial charge is 0.264 e. The molecular formula is C40H40F2N6O7S2. The number of anilines is 2. The van der Waals surface area contributed by atoms with Gasteiger partial charge in [0.2, 0.25) is 27.7 Å². The van der Waals surface area contributed by atoms with Gasteiger partial charge in [0.15, 0.2) is 0 Å². The topological polar surface area (TPSA) is 191 Å². The van der Waals surface area contributed by atoms with E-state index in [2.05, 4.69) is 15.4 Å². The number of nitrogens with two attached hydrogens (primary N) is 1. The molecule has 0 bridgehead atoms. The second-order valence-electron chi connectivity index (χ2n) is 13.7. The van der Waals surface area contributed by atoms with Crippen molar-refractivity contribution in [2.24, 2.45) is 11.1 Å². The van der Waals surface area contributed by atoms with Crippen molar-refractivity contribution in [2.45, 2.75) is 61.4 Å². The van der Waals surface area contributed by atoms with Gasteiger partial charge in [-0.25, -0.2) is 35.5 Å². The Bertz CT molecular complexity index is 2670. The van der Waals surface area contributed by atoms with Gasteiger partial charge in [0.25, 0.3) is 10.0 Å². The molecule has 298 valence electrons. The third-order valence-electron chi connectivity index (χ3n) is 9.86. The van der Waals surface area contributed by atoms with Gasteiger partial charge in [0.1, 0.15) is 23.7 Å². The molecule has 0 unspecified atom stereocenters. The van der Waals surface area contributed by atoms with Crippen molar-refractivity contribution in [3.05, 3.63) is 121 Å². The van der Waals surface area contributed by atoms with E-state index >= 15 is 0 Å². The molecule has 0 radical (unpaired) electrons. The van der Waals surface area contributed by atoms with Crippen molar-refractivity contribution in [3.8, 4) is 0 Å². The Morgan fingerprint density at radius 2 is 1.07 bits per heavy atom. The Morgan fingerprint density at radius 3 is 1.49 bits per heavy atom. The molecule has 7 rings (SSSR count). The van der Waals surface area contributed by atoms with Crippen LogP contribution >= 0.6 is 0 Å². The first-order chi connectivity index (χ1) is 27.0. The molecule has 0 saturated heterocycles. The average molecular weight is 819 g/mol. The van der Waals surface area contributed by atoms with E-state index in [-0.39, 0.29) is 39.2 Å². The predicted molar refractivity (Wildman–Crippen MR) is 212 cm³/mol. The summed E-state index contributed by atoms with van der Waals surface area (Å²) in [6, 6.07) is 22.6. The van der Waals surface area contributed by atoms with Crippen molar-refractivity contribution in [2.75, 3.05) is 10.6 Å². The summed E-state index contributed by atoms with van der Waals surface area (Å²) in [4.78, 5) is 37.3. The van der Waals surface area contributed by atoms with Crippen LogP contribution in [-0.2, 0) is 34.4 Å². The summed E-state index contributed by atoms with van der Waals surface area (Å²) in [5, 5.41) is 11.3. The number of hydrogen-bond acceptors (Lipinski definition) is 7. The number of rotatable bonds is 10. The van der Waals surface area contributed by atoms with Gasteiger partial charge in [-0.2, -0.15) is 0 Å². The van der Waals surface area contributed by atoms with Crippen LogP contribution in [0.3, 0.4) is 0 Å². The summed E-state index contributed by atoms with van der Waals surface area (Å²) in [6.45, 7) is 3.38. The minimum absolute atomic E-state index is 0.0366. The first kappa shape index (κ1) is 40.7. The van der Waals surface area contributed by atoms with Crippen LogP contribution in [0.4, 0.5) is 20.2 Å². The highest BCUT2D eigenvalue weighted by Gasteiger charge is 2.27. The zero-order valence-electron chi connectivity index (χ0n) is 30.9. The summed E-state index contributed by atoms with van der Waals surface area (Å²) in [5.74, 6) is -2.08. The van der Waals surface area contributed by atoms with Crippen LogP contribution in [-0.4, -0.2) is 43.7 Å². The van der Waals surface area contributed by atoms with E-state index in [1.165, 1.54) is 60.7 Å². The monoisotopic (exact) mass is 818 g/mol. The zero-order chi connectivity index (χ0) is 41.1. The highest BCUT2D eigenvalue weighted by Crippen LogP contribution is 2.27. The molecule has 6 aromatic rings. The molecule has 5 N–H and O–H groups in total. The molecule has 4 aromatic carbocycles. The fraction of sp³-hybridized carbons (Fsp3) is 0.225. The maximum absolute atomic E-state index is 13.9. The van der Waals surface area contributed by atoms with Gasteiger partial charge in [-0.15, -0.1) is 0 Å². The van der Waals surface area contributed by atoms with Gasteiger partial charge in [0, 0.05) is 40.5 Å². The molecule has 57 heavy (non-hydrogen) atoms. The van der Waals surface area contributed by atoms with Crippen LogP contribution in [0.1, 0.15) is 51.6 Å². The Morgan fingerprint density at radius 1 is 0.649 bits per heavy atom. The maximum atomic E-state index is 13.9. The lowest BCUT2D eigenvalue weighted by atomic mass is 10.1. The van der Waals surface area contributed by atoms with Gasteiger partial charge < -0.3 is 19.8 Å². The molecule has 2 aromatic heterocycles. The van der Waals surface area contributed by atoms with Crippen LogP contribution in [0, 0.1) is 17.6 Å². The van der Waals surface area contributed by atoms with E-state index in [9.17, 15) is 40.0 Å². The van der Waals surface area contributed by atoms with Gasteiger partial charge in [0.05, 0.1) is 20.8 Å². The van der Waals surface area contributed by atoms with Crippen LogP contribution in [0.2, 0.25) is 0 Å². The lowest BCUT2D eigenvalue weighted by molar-refractivity contribution is -0.123. The first-order valence-electron chi connectivity index (χ1n) is 17.9. The minimum Gasteiger partial charge on any atom is -0.335 e. The molecule has 1 aliphatic carbocycles. The summed E-state index contributed by atoms with van der Waals surface area (Å²) >= 11 is 0. The lowest BCUT2D eigenvalue weighted by Gasteiger charge is -2.16. The molecular weight excluding hydrogens is 779 g/mol. The average Bonchev–Trinajstić information content (AvgIpc) is 3.96. The molecule has 17 heteroatoms. The van der Waals surface area contributed by atoms with Crippen molar-refractivity contribution in [1.29, 1.82) is 0 Å². The SMILES string of the molecule is C[C@H](C(=O)Nc1ccc(S(=O)(=O)NC(=O)C2CCCC2)cc1)n1ccc2c(F)cccc21.C[C@H](C(=O)Nc1ccc(S(N)(=O)=O)cc1)n1ccc2c(F)cccc21. The van der Waals surface area contributed by atoms with Crippen LogP contribution in [0.25, 0.3) is 21.8 Å². The van der Waals surface area contributed by atoms with Gasteiger partial charge in [-0.1, -0.05) is 25.0 Å². The highest BCUT2D eigenvalue weighted by molar-refractivity contribution is 7.90. The molecule has 1 fully saturated rings. The second kappa shape index (κ2) is 16.7. The number of halogens is 2. The Labute approximate surface area is 328 Å². The molecule has 2 heterocycles. The van der Waals surface area contributed by atoms with E-state index in [4.69, 9.17) is 5.14 Å². The number of nitrogens with one attached hydrogen (secondary N) is 3. The number of fused-ring (bicyclic) bond motifs is 2. The number of primary sulfonamides is 1. The highest BCUT2D eigenvalue weighted by atomic mass is 32.2. The lowest BCUT2D eigenvalue weighted by Crippen LogP contribution is -2.34. The summed E-state index contributed by atoms with van der Waals surface area (Å²) in [7, 11) is -7.75. The van der Waals surface area contributed by atoms with E-state index in [1.807, 2.05) is 0 Å². The fourth-order valence-electron chi connectivity index (χ4n) is 6.63. The molecule has 2 atom stereocenters. The number of carbonyl (C=O) groups excluding carboxylic acids is 3. The molecule has 13 nitrogen and oxygen atoms in total. The third-order valence-corrected chi connectivity index (χ3v) is 12.1. The van der Waals surface area contributed by atoms with E-state index in [0.29, 0.717) is 46.0 Å². The van der Waals surface area contributed by atoms with E-state index in [1.54, 1.807) is 71.8 Å². The Balaban J connectivity index is 0.000000199. The van der Waals surface area contributed by atoms with Crippen molar-refractivity contribution < 1.29 is 40.0 Å². The normalized spacial score (nSPS) is 14.4. The van der Waals surface area contributed by atoms with Crippen LogP contribution in [0.15, 0.2) is 119 Å². The van der Waals surface area contributed by atoms with Crippen LogP contribution < -0.4 is 20.5 Å². The summed E-state index contributed by atoms with van der Waals surface area (Å²) < 4.78 is 80.7. The van der Waals surface area contributed by atoms with Gasteiger partial charge in [-0.3, -0.25) is 14.4 Å². The first-order valence-corrected chi connectivity index (χ1v) is 21.0. The summed E-state index contributed by atoms with van der Waals surface area (Å²) in [6.07, 6.45) is 6.57. The van der Waals surface area contributed by atoms with Crippen molar-refractivity contribution in [3.63, 3.8) is 0 Å². The van der Waals surface area contributed by atoms with Crippen molar-refractivity contribution in [1.82, 2.24) is 13.9 Å². The van der Waals surface area contributed by atoms with Crippen LogP contribution in [0.5, 0.6) is 0 Å². The Hall–Kier alpha value is -5.91. The molecule has 1 aliphatic rings. The molecule has 1 saturated carbocycles. The van der Waals surface area contributed by atoms with E-state index < -0.39 is 38.0 Å². The second-order valence-corrected chi connectivity index (χ2v) is 16.9. The molecule has 3 amide bonds. The number of carbonyl (C=O) groups is 3. The number of amides is 3. The Kier molecular flexibility index (Phi) is 11.9. The molecule has 0 spiro atoms. The molecule has 0 aliphatic heterocycles. The largest absolute Gasteiger partial charge is 0.335 e. The maximum Gasteiger partial charge on any atom is 0.264 e. The minimum atomic E-state index is -3.97. The summed E-state index contributed by atoms with van der Waals surface area (Å²) in [5.41, 5.74) is 2.07. The quantitative estimate of drug-likeness (QED) is 0.120. The predicted octanol–water partition coefficient (Wildman–Crippen LogP) is 6.60. The van der Waals surface area contributed by atoms with E-state index in [0.717, 1.165) is 12.8 Å². The fourth-order valence-corrected chi connectivity index (χ4v) is 8.19. The third kappa shape index (κ3) is 9.22. The number of sulfonamides is 2. The number of aromatic nitrogens is 2. The number of nitrogens with zero attached hydrogens (tertiary/aromatic N) is 2. The zero-order valence-corrected chi connectivity index (χ0v) is 32.5.